The number of hydrogen-bond acceptors (Lipinski definition) is 3. The fourth-order valence-electron chi connectivity index (χ4n) is 1.59. The van der Waals surface area contributed by atoms with Crippen LogP contribution in [0.2, 0.25) is 0 Å². The smallest absolute Gasteiger partial charge is 0.332 e. The summed E-state index contributed by atoms with van der Waals surface area (Å²) in [6.07, 6.45) is -4.52. The minimum atomic E-state index is -4.52. The maximum atomic E-state index is 13.0. The second kappa shape index (κ2) is 6.92. The average molecular weight is 456 g/mol. The van der Waals surface area contributed by atoms with Gasteiger partial charge in [0.1, 0.15) is 0 Å². The van der Waals surface area contributed by atoms with Crippen molar-refractivity contribution in [3.63, 3.8) is 0 Å². The molecule has 22 heavy (non-hydrogen) atoms. The van der Waals surface area contributed by atoms with Crippen molar-refractivity contribution < 1.29 is 18.0 Å². The minimum Gasteiger partial charge on any atom is -0.332 e. The van der Waals surface area contributed by atoms with Gasteiger partial charge in [-0.1, -0.05) is 6.07 Å². The van der Waals surface area contributed by atoms with Gasteiger partial charge in [0.15, 0.2) is 5.11 Å². The van der Waals surface area contributed by atoms with Crippen molar-refractivity contribution in [1.82, 2.24) is 5.32 Å². The Morgan fingerprint density at radius 3 is 2.59 bits per heavy atom. The predicted octanol–water partition coefficient (Wildman–Crippen LogP) is 4.50. The Labute approximate surface area is 147 Å². The number of benzene rings is 1. The Morgan fingerprint density at radius 2 is 2.00 bits per heavy atom. The van der Waals surface area contributed by atoms with Gasteiger partial charge in [0, 0.05) is 3.57 Å². The molecule has 0 fully saturated rings. The number of hydrogen-bond donors (Lipinski definition) is 2. The minimum absolute atomic E-state index is 0.190. The van der Waals surface area contributed by atoms with Crippen LogP contribution in [0.15, 0.2) is 35.7 Å². The van der Waals surface area contributed by atoms with Gasteiger partial charge in [-0.25, -0.2) is 0 Å². The molecule has 0 atom stereocenters. The van der Waals surface area contributed by atoms with Gasteiger partial charge in [-0.05, 0) is 64.5 Å². The van der Waals surface area contributed by atoms with Crippen molar-refractivity contribution in [3.05, 3.63) is 49.7 Å². The van der Waals surface area contributed by atoms with Crippen LogP contribution in [-0.4, -0.2) is 11.0 Å². The van der Waals surface area contributed by atoms with Gasteiger partial charge >= 0.3 is 6.18 Å². The van der Waals surface area contributed by atoms with E-state index in [1.165, 1.54) is 23.5 Å². The van der Waals surface area contributed by atoms with Crippen LogP contribution < -0.4 is 10.6 Å². The maximum Gasteiger partial charge on any atom is 0.418 e. The SMILES string of the molecule is O=C(NC(=S)Nc1ccc(I)cc1C(F)(F)F)c1cccs1. The fourth-order valence-corrected chi connectivity index (χ4v) is 2.90. The highest BCUT2D eigenvalue weighted by Gasteiger charge is 2.34. The Balaban J connectivity index is 2.14. The van der Waals surface area contributed by atoms with E-state index >= 15 is 0 Å². The number of anilines is 1. The highest BCUT2D eigenvalue weighted by atomic mass is 127. The first-order valence-electron chi connectivity index (χ1n) is 5.80. The number of thiophene rings is 1. The average Bonchev–Trinajstić information content (AvgIpc) is 2.93. The molecule has 9 heteroatoms. The summed E-state index contributed by atoms with van der Waals surface area (Å²) in [6.45, 7) is 0. The number of thiocarbonyl (C=S) groups is 1. The van der Waals surface area contributed by atoms with E-state index in [-0.39, 0.29) is 10.8 Å². The molecule has 0 saturated carbocycles. The third kappa shape index (κ3) is 4.40. The molecule has 2 aromatic rings. The van der Waals surface area contributed by atoms with Crippen molar-refractivity contribution >= 4 is 62.9 Å². The largest absolute Gasteiger partial charge is 0.418 e. The number of nitrogens with one attached hydrogen (secondary N) is 2. The summed E-state index contributed by atoms with van der Waals surface area (Å²) < 4.78 is 39.4. The van der Waals surface area contributed by atoms with E-state index < -0.39 is 17.6 Å². The lowest BCUT2D eigenvalue weighted by atomic mass is 10.1. The van der Waals surface area contributed by atoms with E-state index in [1.807, 2.05) is 0 Å². The monoisotopic (exact) mass is 456 g/mol. The summed E-state index contributed by atoms with van der Waals surface area (Å²) in [5, 5.41) is 6.29. The van der Waals surface area contributed by atoms with Crippen LogP contribution in [0.25, 0.3) is 0 Å². The van der Waals surface area contributed by atoms with E-state index in [1.54, 1.807) is 40.1 Å². The molecule has 0 radical (unpaired) electrons. The first-order valence-corrected chi connectivity index (χ1v) is 8.16. The van der Waals surface area contributed by atoms with E-state index in [9.17, 15) is 18.0 Å². The normalized spacial score (nSPS) is 11.1. The van der Waals surface area contributed by atoms with E-state index in [4.69, 9.17) is 12.2 Å². The van der Waals surface area contributed by atoms with Crippen molar-refractivity contribution in [3.8, 4) is 0 Å². The molecule has 1 aromatic carbocycles. The van der Waals surface area contributed by atoms with Crippen LogP contribution in [0.1, 0.15) is 15.2 Å². The summed E-state index contributed by atoms with van der Waals surface area (Å²) >= 11 is 7.90. The maximum absolute atomic E-state index is 13.0. The first-order chi connectivity index (χ1) is 10.3. The number of alkyl halides is 3. The third-order valence-electron chi connectivity index (χ3n) is 2.51. The second-order valence-corrected chi connectivity index (χ2v) is 6.67. The van der Waals surface area contributed by atoms with Gasteiger partial charge < -0.3 is 5.32 Å². The molecule has 0 aliphatic carbocycles. The number of carbonyl (C=O) groups is 1. The molecule has 0 saturated heterocycles. The summed E-state index contributed by atoms with van der Waals surface area (Å²) in [7, 11) is 0. The third-order valence-corrected chi connectivity index (χ3v) is 4.25. The van der Waals surface area contributed by atoms with Gasteiger partial charge in [0.25, 0.3) is 5.91 Å². The number of halogens is 4. The molecule has 1 heterocycles. The summed E-state index contributed by atoms with van der Waals surface area (Å²) in [5.74, 6) is -0.466. The van der Waals surface area contributed by atoms with Crippen LogP contribution in [0.3, 0.4) is 0 Å². The fraction of sp³-hybridized carbons (Fsp3) is 0.0769. The zero-order valence-electron chi connectivity index (χ0n) is 10.7. The van der Waals surface area contributed by atoms with Gasteiger partial charge in [-0.15, -0.1) is 11.3 Å². The Morgan fingerprint density at radius 1 is 1.27 bits per heavy atom. The molecule has 2 rings (SSSR count). The van der Waals surface area contributed by atoms with E-state index in [2.05, 4.69) is 10.6 Å². The van der Waals surface area contributed by atoms with Gasteiger partial charge in [0.2, 0.25) is 0 Å². The van der Waals surface area contributed by atoms with Gasteiger partial charge in [0.05, 0.1) is 16.1 Å². The van der Waals surface area contributed by atoms with Crippen molar-refractivity contribution in [1.29, 1.82) is 0 Å². The van der Waals surface area contributed by atoms with Crippen molar-refractivity contribution in [2.75, 3.05) is 5.32 Å². The molecule has 0 bridgehead atoms. The summed E-state index contributed by atoms with van der Waals surface area (Å²) in [6, 6.07) is 7.08. The molecule has 3 nitrogen and oxygen atoms in total. The number of amides is 1. The van der Waals surface area contributed by atoms with Crippen LogP contribution >= 0.6 is 46.1 Å². The summed E-state index contributed by atoms with van der Waals surface area (Å²) in [5.41, 5.74) is -1.04. The highest BCUT2D eigenvalue weighted by Crippen LogP contribution is 2.35. The molecule has 1 aromatic heterocycles. The first kappa shape index (κ1) is 17.2. The lowest BCUT2D eigenvalue weighted by Crippen LogP contribution is -2.34. The topological polar surface area (TPSA) is 41.1 Å². The van der Waals surface area contributed by atoms with Crippen LogP contribution in [0, 0.1) is 3.57 Å². The van der Waals surface area contributed by atoms with E-state index in [0.29, 0.717) is 8.45 Å². The second-order valence-electron chi connectivity index (χ2n) is 4.07. The van der Waals surface area contributed by atoms with Crippen molar-refractivity contribution in [2.45, 2.75) is 6.18 Å². The molecule has 1 amide bonds. The molecular weight excluding hydrogens is 448 g/mol. The zero-order valence-corrected chi connectivity index (χ0v) is 14.5. The standard InChI is InChI=1S/C13H8F3IN2OS2/c14-13(15,16)8-6-7(17)3-4-9(8)18-12(21)19-11(20)10-2-1-5-22-10/h1-6H,(H2,18,19,20,21). The van der Waals surface area contributed by atoms with Gasteiger partial charge in [-0.3, -0.25) is 10.1 Å². The van der Waals surface area contributed by atoms with Crippen LogP contribution in [-0.2, 0) is 6.18 Å². The highest BCUT2D eigenvalue weighted by molar-refractivity contribution is 14.1. The molecule has 0 aliphatic rings. The lowest BCUT2D eigenvalue weighted by Gasteiger charge is -2.15. The quantitative estimate of drug-likeness (QED) is 0.517. The molecule has 0 unspecified atom stereocenters. The number of carbonyl (C=O) groups excluding carboxylic acids is 1. The van der Waals surface area contributed by atoms with Gasteiger partial charge in [-0.2, -0.15) is 13.2 Å². The lowest BCUT2D eigenvalue weighted by molar-refractivity contribution is -0.136. The number of rotatable bonds is 2. The van der Waals surface area contributed by atoms with Crippen LogP contribution in [0.5, 0.6) is 0 Å². The Hall–Kier alpha value is -1.20. The molecule has 2 N–H and O–H groups in total. The van der Waals surface area contributed by atoms with Crippen LogP contribution in [0.4, 0.5) is 18.9 Å². The Bertz CT molecular complexity index is 702. The Kier molecular flexibility index (Phi) is 5.40. The summed E-state index contributed by atoms with van der Waals surface area (Å²) in [4.78, 5) is 12.2. The van der Waals surface area contributed by atoms with Crippen molar-refractivity contribution in [2.24, 2.45) is 0 Å². The molecular formula is C13H8F3IN2OS2. The predicted molar refractivity (Wildman–Crippen MR) is 92.2 cm³/mol. The molecule has 0 aliphatic heterocycles. The molecule has 0 spiro atoms. The zero-order chi connectivity index (χ0) is 16.3. The molecule has 116 valence electrons. The van der Waals surface area contributed by atoms with E-state index in [0.717, 1.165) is 6.07 Å².